The highest BCUT2D eigenvalue weighted by Gasteiger charge is 2.30. The van der Waals surface area contributed by atoms with Crippen molar-refractivity contribution in [1.82, 2.24) is 25.2 Å². The third kappa shape index (κ3) is 5.16. The van der Waals surface area contributed by atoms with Crippen molar-refractivity contribution in [1.29, 1.82) is 0 Å². The Morgan fingerprint density at radius 2 is 1.88 bits per heavy atom. The fraction of sp³-hybridized carbons (Fsp3) is 0.348. The number of amides is 2. The van der Waals surface area contributed by atoms with E-state index in [0.717, 1.165) is 6.20 Å². The number of nitrogens with one attached hydrogen (secondary N) is 1. The quantitative estimate of drug-likeness (QED) is 0.589. The van der Waals surface area contributed by atoms with Gasteiger partial charge in [-0.15, -0.1) is 0 Å². The third-order valence-corrected chi connectivity index (χ3v) is 5.52. The van der Waals surface area contributed by atoms with E-state index < -0.39 is 23.6 Å². The van der Waals surface area contributed by atoms with Crippen LogP contribution in [0.1, 0.15) is 36.7 Å². The molecule has 0 aliphatic carbocycles. The summed E-state index contributed by atoms with van der Waals surface area (Å²) >= 11 is 0. The Morgan fingerprint density at radius 1 is 1.18 bits per heavy atom. The number of para-hydroxylation sites is 2. The maximum absolute atomic E-state index is 13.0. The Labute approximate surface area is 189 Å². The van der Waals surface area contributed by atoms with Gasteiger partial charge in [-0.05, 0) is 24.6 Å². The highest BCUT2D eigenvalue weighted by molar-refractivity contribution is 5.99. The van der Waals surface area contributed by atoms with Gasteiger partial charge in [-0.2, -0.15) is 0 Å². The first-order valence-electron chi connectivity index (χ1n) is 10.8. The van der Waals surface area contributed by atoms with Crippen molar-refractivity contribution in [2.45, 2.75) is 38.3 Å². The molecule has 2 amide bonds. The molecule has 3 aromatic rings. The largest absolute Gasteiger partial charge is 0.492 e. The molecule has 4 rings (SSSR count). The maximum atomic E-state index is 13.0. The molecule has 33 heavy (non-hydrogen) atoms. The summed E-state index contributed by atoms with van der Waals surface area (Å²) in [5.41, 5.74) is 0.715. The summed E-state index contributed by atoms with van der Waals surface area (Å²) in [6.45, 7) is 2.71. The lowest BCUT2D eigenvalue weighted by atomic mass is 10.1. The number of piperidine rings is 1. The Morgan fingerprint density at radius 3 is 2.52 bits per heavy atom. The second-order valence-corrected chi connectivity index (χ2v) is 7.78. The van der Waals surface area contributed by atoms with Gasteiger partial charge in [-0.25, -0.2) is 19.3 Å². The van der Waals surface area contributed by atoms with Gasteiger partial charge in [0.25, 0.3) is 5.91 Å². The molecule has 2 aromatic heterocycles. The topological polar surface area (TPSA) is 118 Å². The van der Waals surface area contributed by atoms with Crippen molar-refractivity contribution in [3.05, 3.63) is 54.1 Å². The van der Waals surface area contributed by atoms with E-state index in [9.17, 15) is 19.1 Å². The van der Waals surface area contributed by atoms with E-state index in [1.54, 1.807) is 36.1 Å². The van der Waals surface area contributed by atoms with Gasteiger partial charge < -0.3 is 20.1 Å². The minimum atomic E-state index is -0.763. The first kappa shape index (κ1) is 22.4. The number of aromatic hydroxyl groups is 1. The molecule has 1 saturated heterocycles. The molecule has 9 nitrogen and oxygen atoms in total. The van der Waals surface area contributed by atoms with Crippen LogP contribution in [-0.4, -0.2) is 62.0 Å². The number of carbonyl (C=O) groups is 2. The minimum absolute atomic E-state index is 0.133. The number of halogens is 1. The van der Waals surface area contributed by atoms with Crippen LogP contribution >= 0.6 is 0 Å². The van der Waals surface area contributed by atoms with Crippen molar-refractivity contribution in [2.24, 2.45) is 0 Å². The highest BCUT2D eigenvalue weighted by Crippen LogP contribution is 2.20. The second kappa shape index (κ2) is 9.76. The van der Waals surface area contributed by atoms with Gasteiger partial charge in [0.1, 0.15) is 18.0 Å². The van der Waals surface area contributed by atoms with Crippen LogP contribution in [0.3, 0.4) is 0 Å². The van der Waals surface area contributed by atoms with Crippen LogP contribution in [0.25, 0.3) is 11.0 Å². The molecule has 0 radical (unpaired) electrons. The van der Waals surface area contributed by atoms with E-state index in [4.69, 9.17) is 4.74 Å². The molecule has 1 fully saturated rings. The Balaban J connectivity index is 1.36. The summed E-state index contributed by atoms with van der Waals surface area (Å²) < 4.78 is 18.8. The van der Waals surface area contributed by atoms with E-state index >= 15 is 0 Å². The van der Waals surface area contributed by atoms with Crippen molar-refractivity contribution in [3.8, 4) is 11.8 Å². The van der Waals surface area contributed by atoms with Gasteiger partial charge >= 0.3 is 0 Å². The van der Waals surface area contributed by atoms with Crippen LogP contribution in [-0.2, 0) is 4.79 Å². The normalized spacial score (nSPS) is 15.3. The van der Waals surface area contributed by atoms with Gasteiger partial charge in [0.2, 0.25) is 17.7 Å². The molecule has 1 aliphatic rings. The summed E-state index contributed by atoms with van der Waals surface area (Å²) in [6, 6.07) is 8.88. The highest BCUT2D eigenvalue weighted by atomic mass is 19.1. The van der Waals surface area contributed by atoms with Crippen LogP contribution in [0.4, 0.5) is 4.39 Å². The van der Waals surface area contributed by atoms with Crippen molar-refractivity contribution >= 4 is 22.8 Å². The average Bonchev–Trinajstić information content (AvgIpc) is 2.83. The number of ether oxygens (including phenoxy) is 1. The van der Waals surface area contributed by atoms with Gasteiger partial charge in [0.05, 0.1) is 17.2 Å². The first-order chi connectivity index (χ1) is 15.9. The van der Waals surface area contributed by atoms with Gasteiger partial charge in [0.15, 0.2) is 5.69 Å². The van der Waals surface area contributed by atoms with E-state index in [1.165, 1.54) is 12.1 Å². The third-order valence-electron chi connectivity index (χ3n) is 5.52. The van der Waals surface area contributed by atoms with Gasteiger partial charge in [-0.3, -0.25) is 9.59 Å². The molecule has 0 unspecified atom stereocenters. The summed E-state index contributed by atoms with van der Waals surface area (Å²) in [7, 11) is 0. The fourth-order valence-corrected chi connectivity index (χ4v) is 3.73. The number of fused-ring (bicyclic) bond motifs is 1. The summed E-state index contributed by atoms with van der Waals surface area (Å²) in [5, 5.41) is 12.8. The van der Waals surface area contributed by atoms with Gasteiger partial charge in [-0.1, -0.05) is 19.1 Å². The Hall–Kier alpha value is -3.82. The zero-order chi connectivity index (χ0) is 23.4. The molecular formula is C23H24FN5O4. The molecule has 172 valence electrons. The molecule has 1 atom stereocenters. The molecule has 0 saturated carbocycles. The summed E-state index contributed by atoms with van der Waals surface area (Å²) in [5.74, 6) is -1.44. The van der Waals surface area contributed by atoms with Crippen molar-refractivity contribution in [2.75, 3.05) is 13.1 Å². The number of benzene rings is 1. The van der Waals surface area contributed by atoms with Crippen LogP contribution in [0.2, 0.25) is 0 Å². The zero-order valence-electron chi connectivity index (χ0n) is 18.1. The number of nitrogens with zero attached hydrogens (tertiary/aromatic N) is 4. The van der Waals surface area contributed by atoms with Crippen LogP contribution in [0, 0.1) is 5.82 Å². The molecule has 1 aliphatic heterocycles. The zero-order valence-corrected chi connectivity index (χ0v) is 18.1. The van der Waals surface area contributed by atoms with E-state index in [1.807, 2.05) is 0 Å². The van der Waals surface area contributed by atoms with Crippen molar-refractivity contribution < 1.29 is 23.8 Å². The fourth-order valence-electron chi connectivity index (χ4n) is 3.73. The monoisotopic (exact) mass is 453 g/mol. The molecule has 0 bridgehead atoms. The summed E-state index contributed by atoms with van der Waals surface area (Å²) in [6.07, 6.45) is 2.52. The number of carbonyl (C=O) groups excluding carboxylic acids is 2. The lowest BCUT2D eigenvalue weighted by Crippen LogP contribution is -2.51. The molecule has 2 N–H and O–H groups in total. The molecule has 0 spiro atoms. The number of hydrogen-bond acceptors (Lipinski definition) is 7. The van der Waals surface area contributed by atoms with E-state index in [2.05, 4.69) is 20.3 Å². The number of rotatable bonds is 6. The maximum Gasteiger partial charge on any atom is 0.276 e. The van der Waals surface area contributed by atoms with Gasteiger partial charge in [0, 0.05) is 32.0 Å². The SMILES string of the molecule is CC[C@H](NC(=O)c1nc2ccccc2nc1O)C(=O)N1CCC(Oc2ccc(F)cn2)CC1. The number of hydrogen-bond donors (Lipinski definition) is 2. The molecule has 1 aromatic carbocycles. The summed E-state index contributed by atoms with van der Waals surface area (Å²) in [4.78, 5) is 39.5. The van der Waals surface area contributed by atoms with Crippen LogP contribution in [0.15, 0.2) is 42.6 Å². The lowest BCUT2D eigenvalue weighted by molar-refractivity contribution is -0.135. The lowest BCUT2D eigenvalue weighted by Gasteiger charge is -2.34. The average molecular weight is 453 g/mol. The number of pyridine rings is 1. The molecular weight excluding hydrogens is 429 g/mol. The molecule has 10 heteroatoms. The molecule has 3 heterocycles. The van der Waals surface area contributed by atoms with Crippen LogP contribution < -0.4 is 10.1 Å². The number of likely N-dealkylation sites (tertiary alicyclic amines) is 1. The first-order valence-corrected chi connectivity index (χ1v) is 10.8. The van der Waals surface area contributed by atoms with E-state index in [0.29, 0.717) is 49.3 Å². The smallest absolute Gasteiger partial charge is 0.276 e. The standard InChI is InChI=1S/C23H24FN5O4/c1-2-16(27-21(30)20-22(31)28-18-6-4-3-5-17(18)26-20)23(32)29-11-9-15(10-12-29)33-19-8-7-14(24)13-25-19/h3-8,13,15-16H,2,9-12H2,1H3,(H,27,30)(H,28,31)/t16-/m0/s1. The minimum Gasteiger partial charge on any atom is -0.492 e. The Bertz CT molecular complexity index is 1150. The van der Waals surface area contributed by atoms with Crippen molar-refractivity contribution in [3.63, 3.8) is 0 Å². The predicted molar refractivity (Wildman–Crippen MR) is 117 cm³/mol. The van der Waals surface area contributed by atoms with E-state index in [-0.39, 0.29) is 17.7 Å². The van der Waals surface area contributed by atoms with Crippen LogP contribution in [0.5, 0.6) is 11.8 Å². The Kier molecular flexibility index (Phi) is 6.62. The number of aromatic nitrogens is 3. The second-order valence-electron chi connectivity index (χ2n) is 7.78. The predicted octanol–water partition coefficient (Wildman–Crippen LogP) is 2.45.